The Kier molecular flexibility index (Phi) is 5.27. The number of hydrogen-bond donors (Lipinski definition) is 1. The van der Waals surface area contributed by atoms with Crippen molar-refractivity contribution in [2.24, 2.45) is 11.3 Å². The molecule has 3 saturated heterocycles. The van der Waals surface area contributed by atoms with Crippen LogP contribution in [-0.2, 0) is 0 Å². The molecule has 0 unspecified atom stereocenters. The molecule has 0 aliphatic carbocycles. The van der Waals surface area contributed by atoms with E-state index >= 15 is 0 Å². The molecule has 0 amide bonds. The molecule has 3 aliphatic heterocycles. The average Bonchev–Trinajstić information content (AvgIpc) is 2.34. The zero-order valence-corrected chi connectivity index (χ0v) is 13.4. The normalized spacial score (nSPS) is 27.6. The Morgan fingerprint density at radius 3 is 2.11 bits per heavy atom. The monoisotopic (exact) mass is 267 g/mol. The van der Waals surface area contributed by atoms with Crippen LogP contribution in [0.2, 0.25) is 0 Å². The summed E-state index contributed by atoms with van der Waals surface area (Å²) in [5.41, 5.74) is 0.711. The second-order valence-electron chi connectivity index (χ2n) is 6.82. The van der Waals surface area contributed by atoms with E-state index in [9.17, 15) is 0 Å². The van der Waals surface area contributed by atoms with Gasteiger partial charge in [-0.1, -0.05) is 13.8 Å². The molecule has 3 nitrogen and oxygen atoms in total. The molecule has 3 aliphatic rings. The minimum atomic E-state index is 0.711. The molecule has 1 N–H and O–H groups in total. The third kappa shape index (κ3) is 3.50. The van der Waals surface area contributed by atoms with Crippen LogP contribution in [0.1, 0.15) is 40.5 Å². The van der Waals surface area contributed by atoms with Gasteiger partial charge in [-0.3, -0.25) is 0 Å². The first kappa shape index (κ1) is 15.3. The summed E-state index contributed by atoms with van der Waals surface area (Å²) in [7, 11) is 0. The van der Waals surface area contributed by atoms with Crippen molar-refractivity contribution in [3.8, 4) is 0 Å². The molecule has 0 aromatic carbocycles. The molecule has 0 aromatic rings. The zero-order valence-electron chi connectivity index (χ0n) is 13.4. The van der Waals surface area contributed by atoms with Crippen molar-refractivity contribution in [2.75, 3.05) is 45.8 Å². The molecule has 19 heavy (non-hydrogen) atoms. The molecule has 0 bridgehead atoms. The summed E-state index contributed by atoms with van der Waals surface area (Å²) in [5, 5.41) is 3.37. The van der Waals surface area contributed by atoms with Crippen molar-refractivity contribution in [3.05, 3.63) is 0 Å². The molecule has 0 atom stereocenters. The lowest BCUT2D eigenvalue weighted by atomic mass is 9.71. The molecule has 112 valence electrons. The van der Waals surface area contributed by atoms with Crippen LogP contribution in [0.4, 0.5) is 0 Å². The Morgan fingerprint density at radius 1 is 1.11 bits per heavy atom. The minimum Gasteiger partial charge on any atom is -0.316 e. The van der Waals surface area contributed by atoms with Crippen LogP contribution in [0.3, 0.4) is 0 Å². The fraction of sp³-hybridized carbons (Fsp3) is 1.00. The smallest absolute Gasteiger partial charge is 0.00516 e. The van der Waals surface area contributed by atoms with Crippen molar-refractivity contribution in [1.29, 1.82) is 0 Å². The van der Waals surface area contributed by atoms with Gasteiger partial charge in [0.2, 0.25) is 0 Å². The van der Waals surface area contributed by atoms with Gasteiger partial charge >= 0.3 is 0 Å². The van der Waals surface area contributed by atoms with Crippen molar-refractivity contribution in [3.63, 3.8) is 0 Å². The third-order valence-corrected chi connectivity index (χ3v) is 5.09. The van der Waals surface area contributed by atoms with Gasteiger partial charge in [-0.15, -0.1) is 0 Å². The number of likely N-dealkylation sites (tertiary alicyclic amines) is 2. The van der Waals surface area contributed by atoms with Crippen molar-refractivity contribution in [2.45, 2.75) is 46.6 Å². The first-order valence-electron chi connectivity index (χ1n) is 8.34. The zero-order chi connectivity index (χ0) is 13.9. The highest BCUT2D eigenvalue weighted by molar-refractivity contribution is 4.99. The van der Waals surface area contributed by atoms with Crippen LogP contribution in [0, 0.1) is 11.3 Å². The van der Waals surface area contributed by atoms with Gasteiger partial charge in [-0.25, -0.2) is 0 Å². The molecule has 1 spiro atoms. The first-order chi connectivity index (χ1) is 9.17. The quantitative estimate of drug-likeness (QED) is 0.844. The number of piperidine rings is 1. The first-order valence-corrected chi connectivity index (χ1v) is 8.34. The second kappa shape index (κ2) is 6.55. The Bertz CT molecular complexity index is 257. The van der Waals surface area contributed by atoms with Gasteiger partial charge in [0.05, 0.1) is 0 Å². The topological polar surface area (TPSA) is 18.5 Å². The minimum absolute atomic E-state index is 0.711. The Balaban J connectivity index is 0.000000637. The van der Waals surface area contributed by atoms with Crippen LogP contribution in [0.25, 0.3) is 0 Å². The largest absolute Gasteiger partial charge is 0.316 e. The molecular formula is C16H33N3. The van der Waals surface area contributed by atoms with E-state index in [1.807, 2.05) is 13.8 Å². The molecular weight excluding hydrogens is 234 g/mol. The third-order valence-electron chi connectivity index (χ3n) is 5.09. The Morgan fingerprint density at radius 2 is 1.68 bits per heavy atom. The number of rotatable bonds is 3. The van der Waals surface area contributed by atoms with Gasteiger partial charge in [-0.2, -0.15) is 0 Å². The molecule has 0 radical (unpaired) electrons. The van der Waals surface area contributed by atoms with Gasteiger partial charge in [0, 0.05) is 38.8 Å². The lowest BCUT2D eigenvalue weighted by molar-refractivity contribution is -0.0604. The van der Waals surface area contributed by atoms with Gasteiger partial charge in [0.1, 0.15) is 0 Å². The molecule has 3 rings (SSSR count). The van der Waals surface area contributed by atoms with E-state index in [1.165, 1.54) is 58.7 Å². The summed E-state index contributed by atoms with van der Waals surface area (Å²) < 4.78 is 0. The van der Waals surface area contributed by atoms with Crippen LogP contribution < -0.4 is 5.32 Å². The molecule has 0 saturated carbocycles. The summed E-state index contributed by atoms with van der Waals surface area (Å²) in [5.74, 6) is 0.947. The highest BCUT2D eigenvalue weighted by Gasteiger charge is 2.45. The van der Waals surface area contributed by atoms with Crippen LogP contribution in [-0.4, -0.2) is 61.7 Å². The molecule has 3 heteroatoms. The molecule has 3 heterocycles. The van der Waals surface area contributed by atoms with E-state index in [2.05, 4.69) is 29.0 Å². The lowest BCUT2D eigenvalue weighted by Gasteiger charge is -2.55. The van der Waals surface area contributed by atoms with Gasteiger partial charge in [0.25, 0.3) is 0 Å². The Labute approximate surface area is 119 Å². The summed E-state index contributed by atoms with van der Waals surface area (Å²) >= 11 is 0. The Hall–Kier alpha value is -0.120. The maximum Gasteiger partial charge on any atom is 0.00516 e. The predicted molar refractivity (Wildman–Crippen MR) is 82.5 cm³/mol. The van der Waals surface area contributed by atoms with E-state index in [-0.39, 0.29) is 0 Å². The lowest BCUT2D eigenvalue weighted by Crippen LogP contribution is -2.63. The predicted octanol–water partition coefficient (Wildman–Crippen LogP) is 2.04. The summed E-state index contributed by atoms with van der Waals surface area (Å²) in [6.07, 6.45) is 2.87. The highest BCUT2D eigenvalue weighted by Crippen LogP contribution is 2.41. The number of hydrogen-bond acceptors (Lipinski definition) is 3. The maximum atomic E-state index is 3.37. The SMILES string of the molecule is CC.CC(C)N1CCC2(CC1)CN(CC1CNC1)C2. The fourth-order valence-corrected chi connectivity index (χ4v) is 3.71. The van der Waals surface area contributed by atoms with Gasteiger partial charge in [-0.05, 0) is 51.1 Å². The van der Waals surface area contributed by atoms with Gasteiger partial charge in [0.15, 0.2) is 0 Å². The number of nitrogens with one attached hydrogen (secondary N) is 1. The molecule has 3 fully saturated rings. The van der Waals surface area contributed by atoms with E-state index < -0.39 is 0 Å². The van der Waals surface area contributed by atoms with Crippen LogP contribution >= 0.6 is 0 Å². The van der Waals surface area contributed by atoms with E-state index in [4.69, 9.17) is 0 Å². The van der Waals surface area contributed by atoms with Crippen molar-refractivity contribution < 1.29 is 0 Å². The van der Waals surface area contributed by atoms with Crippen LogP contribution in [0.5, 0.6) is 0 Å². The van der Waals surface area contributed by atoms with Gasteiger partial charge < -0.3 is 15.1 Å². The highest BCUT2D eigenvalue weighted by atomic mass is 15.2. The standard InChI is InChI=1S/C14H27N3.C2H6/c1-12(2)17-5-3-14(4-6-17)10-16(11-14)9-13-7-15-8-13;1-2/h12-13,15H,3-11H2,1-2H3;1-2H3. The number of nitrogens with zero attached hydrogens (tertiary/aromatic N) is 2. The fourth-order valence-electron chi connectivity index (χ4n) is 3.71. The molecule has 0 aromatic heterocycles. The second-order valence-corrected chi connectivity index (χ2v) is 6.82. The van der Waals surface area contributed by atoms with E-state index in [1.54, 1.807) is 0 Å². The summed E-state index contributed by atoms with van der Waals surface area (Å²) in [6.45, 7) is 17.9. The summed E-state index contributed by atoms with van der Waals surface area (Å²) in [4.78, 5) is 5.33. The summed E-state index contributed by atoms with van der Waals surface area (Å²) in [6, 6.07) is 0.740. The van der Waals surface area contributed by atoms with Crippen molar-refractivity contribution in [1.82, 2.24) is 15.1 Å². The van der Waals surface area contributed by atoms with Crippen LogP contribution in [0.15, 0.2) is 0 Å². The van der Waals surface area contributed by atoms with E-state index in [0.717, 1.165) is 12.0 Å². The van der Waals surface area contributed by atoms with Crippen molar-refractivity contribution >= 4 is 0 Å². The maximum absolute atomic E-state index is 3.37. The average molecular weight is 267 g/mol. The van der Waals surface area contributed by atoms with E-state index in [0.29, 0.717) is 5.41 Å².